The number of hydrogen-bond donors (Lipinski definition) is 2. The molecule has 1 rings (SSSR count). The summed E-state index contributed by atoms with van der Waals surface area (Å²) in [4.78, 5) is 21.8. The van der Waals surface area contributed by atoms with E-state index in [0.29, 0.717) is 26.3 Å². The van der Waals surface area contributed by atoms with Crippen LogP contribution in [0.3, 0.4) is 0 Å². The lowest BCUT2D eigenvalue weighted by Crippen LogP contribution is -2.61. The highest BCUT2D eigenvalue weighted by Gasteiger charge is 2.46. The standard InChI is InChI=1S/C9H16N2O6S/c1-9(7(12)13,18(2,15)16)10-8(14)11-3-5-17-6-4-11/h3-6H2,1-2H3,(H,10,14)(H,12,13). The van der Waals surface area contributed by atoms with Gasteiger partial charge in [0.05, 0.1) is 13.2 Å². The lowest BCUT2D eigenvalue weighted by atomic mass is 10.3. The van der Waals surface area contributed by atoms with Crippen LogP contribution in [-0.4, -0.2) is 67.9 Å². The predicted molar refractivity (Wildman–Crippen MR) is 61.8 cm³/mol. The van der Waals surface area contributed by atoms with Crippen molar-refractivity contribution in [3.63, 3.8) is 0 Å². The van der Waals surface area contributed by atoms with Crippen LogP contribution in [0.1, 0.15) is 6.92 Å². The van der Waals surface area contributed by atoms with Crippen molar-refractivity contribution in [3.05, 3.63) is 0 Å². The number of sulfone groups is 1. The molecule has 1 aliphatic heterocycles. The summed E-state index contributed by atoms with van der Waals surface area (Å²) in [6, 6.07) is -0.728. The van der Waals surface area contributed by atoms with Crippen molar-refractivity contribution in [2.75, 3.05) is 32.6 Å². The van der Waals surface area contributed by atoms with Gasteiger partial charge < -0.3 is 20.1 Å². The van der Waals surface area contributed by atoms with Crippen LogP contribution in [0, 0.1) is 0 Å². The normalized spacial score (nSPS) is 20.0. The van der Waals surface area contributed by atoms with Crippen molar-refractivity contribution in [1.29, 1.82) is 0 Å². The molecule has 104 valence electrons. The second-order valence-corrected chi connectivity index (χ2v) is 6.50. The minimum absolute atomic E-state index is 0.297. The molecule has 0 saturated carbocycles. The van der Waals surface area contributed by atoms with Crippen molar-refractivity contribution < 1.29 is 27.9 Å². The maximum Gasteiger partial charge on any atom is 0.345 e. The van der Waals surface area contributed by atoms with Crippen LogP contribution in [0.2, 0.25) is 0 Å². The number of carboxylic acid groups (broad SMARTS) is 1. The van der Waals surface area contributed by atoms with Gasteiger partial charge in [-0.3, -0.25) is 0 Å². The monoisotopic (exact) mass is 280 g/mol. The van der Waals surface area contributed by atoms with E-state index in [0.717, 1.165) is 13.2 Å². The van der Waals surface area contributed by atoms with E-state index in [1.165, 1.54) is 4.90 Å². The van der Waals surface area contributed by atoms with Crippen LogP contribution < -0.4 is 5.32 Å². The first-order valence-corrected chi connectivity index (χ1v) is 7.15. The molecule has 0 aromatic carbocycles. The summed E-state index contributed by atoms with van der Waals surface area (Å²) in [5.74, 6) is -1.62. The highest BCUT2D eigenvalue weighted by Crippen LogP contribution is 2.13. The van der Waals surface area contributed by atoms with E-state index in [1.54, 1.807) is 0 Å². The summed E-state index contributed by atoms with van der Waals surface area (Å²) < 4.78 is 28.0. The van der Waals surface area contributed by atoms with Gasteiger partial charge in [0.1, 0.15) is 0 Å². The average Bonchev–Trinajstić information content (AvgIpc) is 2.28. The average molecular weight is 280 g/mol. The number of nitrogens with one attached hydrogen (secondary N) is 1. The Morgan fingerprint density at radius 2 is 1.83 bits per heavy atom. The van der Waals surface area contributed by atoms with E-state index < -0.39 is 26.7 Å². The van der Waals surface area contributed by atoms with Gasteiger partial charge >= 0.3 is 12.0 Å². The number of carbonyl (C=O) groups excluding carboxylic acids is 1. The second kappa shape index (κ2) is 5.11. The summed E-state index contributed by atoms with van der Waals surface area (Å²) in [6.07, 6.45) is 0.765. The van der Waals surface area contributed by atoms with Gasteiger partial charge in [0.25, 0.3) is 0 Å². The van der Waals surface area contributed by atoms with Crippen molar-refractivity contribution in [3.8, 4) is 0 Å². The topological polar surface area (TPSA) is 113 Å². The fourth-order valence-corrected chi connectivity index (χ4v) is 1.94. The molecule has 0 aromatic rings. The van der Waals surface area contributed by atoms with E-state index in [1.807, 2.05) is 5.32 Å². The van der Waals surface area contributed by atoms with E-state index in [9.17, 15) is 18.0 Å². The Labute approximate surface area is 105 Å². The maximum atomic E-state index is 11.8. The number of morpholine rings is 1. The zero-order valence-corrected chi connectivity index (χ0v) is 11.0. The van der Waals surface area contributed by atoms with E-state index in [2.05, 4.69) is 0 Å². The zero-order valence-electron chi connectivity index (χ0n) is 10.2. The van der Waals surface area contributed by atoms with Crippen LogP contribution >= 0.6 is 0 Å². The highest BCUT2D eigenvalue weighted by atomic mass is 32.2. The molecule has 2 amide bonds. The minimum Gasteiger partial charge on any atom is -0.479 e. The molecule has 1 aliphatic rings. The Balaban J connectivity index is 2.85. The molecular weight excluding hydrogens is 264 g/mol. The first kappa shape index (κ1) is 14.7. The first-order chi connectivity index (χ1) is 8.18. The largest absolute Gasteiger partial charge is 0.479 e. The fraction of sp³-hybridized carbons (Fsp3) is 0.778. The van der Waals surface area contributed by atoms with Crippen LogP contribution in [-0.2, 0) is 19.4 Å². The predicted octanol–water partition coefficient (Wildman–Crippen LogP) is -1.13. The van der Waals surface area contributed by atoms with E-state index in [4.69, 9.17) is 9.84 Å². The van der Waals surface area contributed by atoms with Gasteiger partial charge in [0, 0.05) is 19.3 Å². The smallest absolute Gasteiger partial charge is 0.345 e. The van der Waals surface area contributed by atoms with Crippen molar-refractivity contribution in [2.24, 2.45) is 0 Å². The summed E-state index contributed by atoms with van der Waals surface area (Å²) in [7, 11) is -3.99. The quantitative estimate of drug-likeness (QED) is 0.676. The number of hydrogen-bond acceptors (Lipinski definition) is 5. The Kier molecular flexibility index (Phi) is 4.17. The second-order valence-electron chi connectivity index (χ2n) is 4.14. The molecular formula is C9H16N2O6S. The first-order valence-electron chi connectivity index (χ1n) is 5.26. The Bertz CT molecular complexity index is 442. The molecule has 1 saturated heterocycles. The third-order valence-electron chi connectivity index (χ3n) is 2.79. The Hall–Kier alpha value is -1.35. The van der Waals surface area contributed by atoms with Crippen LogP contribution in [0.25, 0.3) is 0 Å². The number of rotatable bonds is 3. The lowest BCUT2D eigenvalue weighted by Gasteiger charge is -2.31. The SMILES string of the molecule is CC(NC(=O)N1CCOCC1)(C(=O)O)S(C)(=O)=O. The zero-order chi connectivity index (χ0) is 14.0. The summed E-state index contributed by atoms with van der Waals surface area (Å²) in [6.45, 7) is 2.23. The third kappa shape index (κ3) is 2.91. The van der Waals surface area contributed by atoms with Gasteiger partial charge in [-0.2, -0.15) is 0 Å². The van der Waals surface area contributed by atoms with Crippen LogP contribution in [0.15, 0.2) is 0 Å². The van der Waals surface area contributed by atoms with Crippen LogP contribution in [0.5, 0.6) is 0 Å². The van der Waals surface area contributed by atoms with Crippen molar-refractivity contribution in [2.45, 2.75) is 11.8 Å². The number of carboxylic acids is 1. The van der Waals surface area contributed by atoms with Gasteiger partial charge in [-0.1, -0.05) is 0 Å². The molecule has 9 heteroatoms. The van der Waals surface area contributed by atoms with Crippen molar-refractivity contribution in [1.82, 2.24) is 10.2 Å². The molecule has 8 nitrogen and oxygen atoms in total. The number of ether oxygens (including phenoxy) is 1. The summed E-state index contributed by atoms with van der Waals surface area (Å²) >= 11 is 0. The van der Waals surface area contributed by atoms with E-state index >= 15 is 0 Å². The fourth-order valence-electron chi connectivity index (χ4n) is 1.35. The number of carbonyl (C=O) groups is 2. The third-order valence-corrected chi connectivity index (χ3v) is 4.55. The number of urea groups is 1. The molecule has 18 heavy (non-hydrogen) atoms. The molecule has 2 N–H and O–H groups in total. The molecule has 1 atom stereocenters. The number of aliphatic carboxylic acids is 1. The highest BCUT2D eigenvalue weighted by molar-refractivity contribution is 7.92. The lowest BCUT2D eigenvalue weighted by molar-refractivity contribution is -0.140. The Morgan fingerprint density at radius 1 is 1.33 bits per heavy atom. The molecule has 0 aromatic heterocycles. The molecule has 0 aliphatic carbocycles. The summed E-state index contributed by atoms with van der Waals surface area (Å²) in [5, 5.41) is 11.0. The van der Waals surface area contributed by atoms with Gasteiger partial charge in [-0.15, -0.1) is 0 Å². The van der Waals surface area contributed by atoms with Gasteiger partial charge in [-0.25, -0.2) is 18.0 Å². The van der Waals surface area contributed by atoms with Gasteiger partial charge in [0.15, 0.2) is 9.84 Å². The molecule has 1 heterocycles. The molecule has 0 spiro atoms. The van der Waals surface area contributed by atoms with Gasteiger partial charge in [-0.05, 0) is 6.92 Å². The molecule has 1 fully saturated rings. The molecule has 0 radical (unpaired) electrons. The summed E-state index contributed by atoms with van der Waals surface area (Å²) in [5.41, 5.74) is 0. The maximum absolute atomic E-state index is 11.8. The van der Waals surface area contributed by atoms with Gasteiger partial charge in [0.2, 0.25) is 4.87 Å². The molecule has 0 bridgehead atoms. The van der Waals surface area contributed by atoms with E-state index in [-0.39, 0.29) is 0 Å². The Morgan fingerprint density at radius 3 is 2.22 bits per heavy atom. The number of amides is 2. The molecule has 1 unspecified atom stereocenters. The number of nitrogens with zero attached hydrogens (tertiary/aromatic N) is 1. The minimum atomic E-state index is -3.99. The van der Waals surface area contributed by atoms with Crippen LogP contribution in [0.4, 0.5) is 4.79 Å². The van der Waals surface area contributed by atoms with Crippen molar-refractivity contribution >= 4 is 21.8 Å².